The number of urea groups is 1. The minimum Gasteiger partial charge on any atom is -0.352 e. The van der Waals surface area contributed by atoms with Gasteiger partial charge in [-0.15, -0.1) is 11.3 Å². The molecule has 3 rings (SSSR count). The summed E-state index contributed by atoms with van der Waals surface area (Å²) in [5, 5.41) is 11.2. The van der Waals surface area contributed by atoms with E-state index in [1.165, 1.54) is 36.2 Å². The second-order valence-corrected chi connectivity index (χ2v) is 8.20. The van der Waals surface area contributed by atoms with Crippen molar-refractivity contribution in [3.05, 3.63) is 46.5 Å². The molecule has 6 nitrogen and oxygen atoms in total. The van der Waals surface area contributed by atoms with Gasteiger partial charge in [-0.1, -0.05) is 49.1 Å². The maximum Gasteiger partial charge on any atom is 0.321 e. The van der Waals surface area contributed by atoms with Crippen LogP contribution in [0.4, 0.5) is 9.93 Å². The highest BCUT2D eigenvalue weighted by Crippen LogP contribution is 2.19. The number of carbonyl (C=O) groups is 2. The van der Waals surface area contributed by atoms with E-state index in [-0.39, 0.29) is 18.0 Å². The summed E-state index contributed by atoms with van der Waals surface area (Å²) in [7, 11) is 0. The molecule has 1 aliphatic carbocycles. The van der Waals surface area contributed by atoms with Gasteiger partial charge in [0.1, 0.15) is 0 Å². The molecule has 28 heavy (non-hydrogen) atoms. The van der Waals surface area contributed by atoms with Crippen LogP contribution >= 0.6 is 11.3 Å². The predicted octanol–water partition coefficient (Wildman–Crippen LogP) is 4.15. The van der Waals surface area contributed by atoms with Crippen LogP contribution in [-0.2, 0) is 17.8 Å². The zero-order valence-corrected chi connectivity index (χ0v) is 17.1. The predicted molar refractivity (Wildman–Crippen MR) is 112 cm³/mol. The Kier molecular flexibility index (Phi) is 7.42. The molecular formula is C21H28N4O2S. The van der Waals surface area contributed by atoms with E-state index in [4.69, 9.17) is 0 Å². The van der Waals surface area contributed by atoms with Crippen molar-refractivity contribution in [2.75, 3.05) is 5.32 Å². The molecule has 2 aromatic rings. The maximum absolute atomic E-state index is 12.1. The lowest BCUT2D eigenvalue weighted by Crippen LogP contribution is -2.38. The van der Waals surface area contributed by atoms with Crippen LogP contribution in [0.5, 0.6) is 0 Å². The van der Waals surface area contributed by atoms with Crippen molar-refractivity contribution in [2.45, 2.75) is 64.5 Å². The van der Waals surface area contributed by atoms with E-state index in [9.17, 15) is 9.59 Å². The maximum atomic E-state index is 12.1. The molecule has 0 saturated heterocycles. The Labute approximate surface area is 170 Å². The van der Waals surface area contributed by atoms with Crippen LogP contribution in [0.15, 0.2) is 29.6 Å². The number of rotatable bonds is 7. The number of benzene rings is 1. The summed E-state index contributed by atoms with van der Waals surface area (Å²) < 4.78 is 0. The first kappa shape index (κ1) is 20.3. The lowest BCUT2D eigenvalue weighted by Gasteiger charge is -2.22. The van der Waals surface area contributed by atoms with Crippen molar-refractivity contribution in [3.63, 3.8) is 0 Å². The van der Waals surface area contributed by atoms with E-state index in [0.717, 1.165) is 24.1 Å². The molecule has 150 valence electrons. The first-order valence-electron chi connectivity index (χ1n) is 9.92. The topological polar surface area (TPSA) is 83.1 Å². The summed E-state index contributed by atoms with van der Waals surface area (Å²) in [6.45, 7) is 2.57. The third kappa shape index (κ3) is 6.64. The van der Waals surface area contributed by atoms with Gasteiger partial charge in [-0.25, -0.2) is 9.78 Å². The summed E-state index contributed by atoms with van der Waals surface area (Å²) in [6.07, 6.45) is 6.65. The number of nitrogens with one attached hydrogen (secondary N) is 3. The first-order valence-corrected chi connectivity index (χ1v) is 10.8. The molecule has 1 saturated carbocycles. The molecular weight excluding hydrogens is 372 g/mol. The highest BCUT2D eigenvalue weighted by atomic mass is 32.1. The van der Waals surface area contributed by atoms with Crippen LogP contribution in [0.2, 0.25) is 0 Å². The number of aromatic nitrogens is 1. The second kappa shape index (κ2) is 10.2. The van der Waals surface area contributed by atoms with E-state index >= 15 is 0 Å². The summed E-state index contributed by atoms with van der Waals surface area (Å²) in [5.41, 5.74) is 3.11. The molecule has 0 spiro atoms. The fourth-order valence-electron chi connectivity index (χ4n) is 3.28. The van der Waals surface area contributed by atoms with Crippen molar-refractivity contribution >= 4 is 28.4 Å². The van der Waals surface area contributed by atoms with E-state index in [0.29, 0.717) is 24.5 Å². The van der Waals surface area contributed by atoms with Crippen LogP contribution in [0.1, 0.15) is 55.3 Å². The Balaban J connectivity index is 1.37. The highest BCUT2D eigenvalue weighted by molar-refractivity contribution is 7.13. The molecule has 1 aromatic carbocycles. The minimum atomic E-state index is -0.191. The fourth-order valence-corrected chi connectivity index (χ4v) is 4.02. The Morgan fingerprint density at radius 1 is 1.14 bits per heavy atom. The lowest BCUT2D eigenvalue weighted by molar-refractivity contribution is -0.121. The van der Waals surface area contributed by atoms with Crippen LogP contribution in [0.3, 0.4) is 0 Å². The molecule has 0 bridgehead atoms. The van der Waals surface area contributed by atoms with Crippen LogP contribution in [0.25, 0.3) is 0 Å². The van der Waals surface area contributed by atoms with Gasteiger partial charge in [0.2, 0.25) is 5.91 Å². The monoisotopic (exact) mass is 400 g/mol. The Hall–Kier alpha value is -2.41. The number of amides is 3. The Bertz CT molecular complexity index is 782. The number of nitrogens with zero attached hydrogens (tertiary/aromatic N) is 1. The zero-order chi connectivity index (χ0) is 19.8. The molecule has 3 amide bonds. The van der Waals surface area contributed by atoms with Gasteiger partial charge in [-0.05, 0) is 31.7 Å². The molecule has 0 radical (unpaired) electrons. The third-order valence-corrected chi connectivity index (χ3v) is 5.74. The first-order chi connectivity index (χ1) is 13.6. The molecule has 0 unspecified atom stereocenters. The van der Waals surface area contributed by atoms with Gasteiger partial charge in [0, 0.05) is 24.4 Å². The summed E-state index contributed by atoms with van der Waals surface area (Å²) in [5.74, 6) is -0.00174. The van der Waals surface area contributed by atoms with Crippen LogP contribution in [0, 0.1) is 6.92 Å². The molecule has 1 fully saturated rings. The fraction of sp³-hybridized carbons (Fsp3) is 0.476. The molecule has 0 atom stereocenters. The van der Waals surface area contributed by atoms with Crippen molar-refractivity contribution in [3.8, 4) is 0 Å². The van der Waals surface area contributed by atoms with E-state index in [2.05, 4.69) is 20.9 Å². The zero-order valence-electron chi connectivity index (χ0n) is 16.3. The quantitative estimate of drug-likeness (QED) is 0.653. The number of hydrogen-bond acceptors (Lipinski definition) is 4. The molecule has 1 aromatic heterocycles. The summed E-state index contributed by atoms with van der Waals surface area (Å²) >= 11 is 1.39. The number of aryl methyl sites for hydroxylation is 2. The normalized spacial score (nSPS) is 14.5. The second-order valence-electron chi connectivity index (χ2n) is 7.34. The van der Waals surface area contributed by atoms with E-state index < -0.39 is 0 Å². The van der Waals surface area contributed by atoms with Crippen molar-refractivity contribution in [2.24, 2.45) is 0 Å². The van der Waals surface area contributed by atoms with Gasteiger partial charge >= 0.3 is 6.03 Å². The van der Waals surface area contributed by atoms with Gasteiger partial charge in [-0.3, -0.25) is 10.1 Å². The van der Waals surface area contributed by atoms with E-state index in [1.807, 2.05) is 36.6 Å². The average molecular weight is 401 g/mol. The SMILES string of the molecule is Cc1ccc(CNC(=O)CCc2csc(NC(=O)NC3CCCCC3)n2)cc1. The van der Waals surface area contributed by atoms with Gasteiger partial charge in [-0.2, -0.15) is 0 Å². The number of thiazole rings is 1. The smallest absolute Gasteiger partial charge is 0.321 e. The van der Waals surface area contributed by atoms with Crippen molar-refractivity contribution < 1.29 is 9.59 Å². The van der Waals surface area contributed by atoms with Gasteiger partial charge in [0.05, 0.1) is 5.69 Å². The number of carbonyl (C=O) groups excluding carboxylic acids is 2. The van der Waals surface area contributed by atoms with Crippen molar-refractivity contribution in [1.82, 2.24) is 15.6 Å². The van der Waals surface area contributed by atoms with Gasteiger partial charge < -0.3 is 10.6 Å². The van der Waals surface area contributed by atoms with Gasteiger partial charge in [0.15, 0.2) is 5.13 Å². The number of hydrogen-bond donors (Lipinski definition) is 3. The summed E-state index contributed by atoms with van der Waals surface area (Å²) in [6, 6.07) is 8.19. The summed E-state index contributed by atoms with van der Waals surface area (Å²) in [4.78, 5) is 28.5. The number of anilines is 1. The minimum absolute atomic E-state index is 0.00174. The largest absolute Gasteiger partial charge is 0.352 e. The molecule has 7 heteroatoms. The Morgan fingerprint density at radius 3 is 2.64 bits per heavy atom. The molecule has 1 heterocycles. The lowest BCUT2D eigenvalue weighted by atomic mass is 9.96. The molecule has 0 aliphatic heterocycles. The Morgan fingerprint density at radius 2 is 1.89 bits per heavy atom. The van der Waals surface area contributed by atoms with Crippen LogP contribution in [-0.4, -0.2) is 23.0 Å². The average Bonchev–Trinajstić information content (AvgIpc) is 3.14. The van der Waals surface area contributed by atoms with Crippen LogP contribution < -0.4 is 16.0 Å². The molecule has 3 N–H and O–H groups in total. The van der Waals surface area contributed by atoms with Crippen molar-refractivity contribution in [1.29, 1.82) is 0 Å². The highest BCUT2D eigenvalue weighted by Gasteiger charge is 2.16. The standard InChI is InChI=1S/C21H28N4O2S/c1-15-7-9-16(10-8-15)13-22-19(26)12-11-18-14-28-21(24-18)25-20(27)23-17-5-3-2-4-6-17/h7-10,14,17H,2-6,11-13H2,1H3,(H,22,26)(H2,23,24,25,27). The molecule has 1 aliphatic rings. The van der Waals surface area contributed by atoms with Gasteiger partial charge in [0.25, 0.3) is 0 Å². The van der Waals surface area contributed by atoms with E-state index in [1.54, 1.807) is 0 Å². The third-order valence-electron chi connectivity index (χ3n) is 4.93.